The Bertz CT molecular complexity index is 403. The summed E-state index contributed by atoms with van der Waals surface area (Å²) < 4.78 is 0. The van der Waals surface area contributed by atoms with E-state index in [1.807, 2.05) is 18.2 Å². The summed E-state index contributed by atoms with van der Waals surface area (Å²) in [7, 11) is 0. The number of anilines is 1. The van der Waals surface area contributed by atoms with E-state index in [-0.39, 0.29) is 5.91 Å². The third kappa shape index (κ3) is 2.52. The number of rotatable bonds is 2. The van der Waals surface area contributed by atoms with Gasteiger partial charge in [0, 0.05) is 25.3 Å². The molecule has 1 amide bonds. The maximum Gasteiger partial charge on any atom is 0.234 e. The molecule has 1 aliphatic heterocycles. The minimum absolute atomic E-state index is 0.104. The number of hydrogen-bond acceptors (Lipinski definition) is 3. The van der Waals surface area contributed by atoms with Crippen LogP contribution in [-0.4, -0.2) is 30.4 Å². The number of nitrogens with two attached hydrogens (primary N) is 1. The number of carbonyl (C=O) groups is 1. The third-order valence-corrected chi connectivity index (χ3v) is 2.88. The molecule has 4 nitrogen and oxygen atoms in total. The lowest BCUT2D eigenvalue weighted by Crippen LogP contribution is -2.47. The Morgan fingerprint density at radius 1 is 1.50 bits per heavy atom. The number of nitrogen functional groups attached to an aromatic ring is 1. The molecule has 3 N–H and O–H groups in total. The number of piperazine rings is 1. The Labute approximate surface area is 95.4 Å². The molecule has 1 aliphatic rings. The summed E-state index contributed by atoms with van der Waals surface area (Å²) >= 11 is 0. The van der Waals surface area contributed by atoms with E-state index < -0.39 is 0 Å². The van der Waals surface area contributed by atoms with Crippen molar-refractivity contribution in [2.24, 2.45) is 0 Å². The van der Waals surface area contributed by atoms with Crippen molar-refractivity contribution >= 4 is 11.6 Å². The van der Waals surface area contributed by atoms with Crippen LogP contribution in [0.2, 0.25) is 0 Å². The van der Waals surface area contributed by atoms with Crippen molar-refractivity contribution in [2.45, 2.75) is 13.5 Å². The molecule has 16 heavy (non-hydrogen) atoms. The van der Waals surface area contributed by atoms with Gasteiger partial charge in [-0.1, -0.05) is 6.07 Å². The summed E-state index contributed by atoms with van der Waals surface area (Å²) in [5, 5.41) is 2.82. The summed E-state index contributed by atoms with van der Waals surface area (Å²) in [6.45, 7) is 4.98. The first kappa shape index (κ1) is 11.0. The van der Waals surface area contributed by atoms with Crippen molar-refractivity contribution in [3.63, 3.8) is 0 Å². The second-order valence-corrected chi connectivity index (χ2v) is 4.25. The van der Waals surface area contributed by atoms with E-state index in [1.54, 1.807) is 0 Å². The molecule has 0 bridgehead atoms. The number of nitrogens with zero attached hydrogens (tertiary/aromatic N) is 1. The molecule has 2 rings (SSSR count). The van der Waals surface area contributed by atoms with Gasteiger partial charge in [0.15, 0.2) is 0 Å². The summed E-state index contributed by atoms with van der Waals surface area (Å²) in [4.78, 5) is 13.4. The first-order valence-electron chi connectivity index (χ1n) is 5.49. The van der Waals surface area contributed by atoms with E-state index in [2.05, 4.69) is 17.1 Å². The fourth-order valence-corrected chi connectivity index (χ4v) is 1.93. The second-order valence-electron chi connectivity index (χ2n) is 4.25. The predicted octanol–water partition coefficient (Wildman–Crippen LogP) is 0.509. The smallest absolute Gasteiger partial charge is 0.234 e. The molecule has 4 heteroatoms. The topological polar surface area (TPSA) is 58.4 Å². The predicted molar refractivity (Wildman–Crippen MR) is 63.9 cm³/mol. The Balaban J connectivity index is 2.08. The van der Waals surface area contributed by atoms with E-state index in [1.165, 1.54) is 11.1 Å². The molecule has 86 valence electrons. The largest absolute Gasteiger partial charge is 0.399 e. The van der Waals surface area contributed by atoms with Gasteiger partial charge in [-0.25, -0.2) is 0 Å². The average molecular weight is 219 g/mol. The lowest BCUT2D eigenvalue weighted by Gasteiger charge is -2.27. The Morgan fingerprint density at radius 3 is 3.06 bits per heavy atom. The first-order chi connectivity index (χ1) is 7.65. The highest BCUT2D eigenvalue weighted by Crippen LogP contribution is 2.15. The van der Waals surface area contributed by atoms with Crippen molar-refractivity contribution in [2.75, 3.05) is 25.4 Å². The van der Waals surface area contributed by atoms with Gasteiger partial charge in [0.2, 0.25) is 5.91 Å². The summed E-state index contributed by atoms with van der Waals surface area (Å²) in [6.07, 6.45) is 0. The maximum atomic E-state index is 11.2. The van der Waals surface area contributed by atoms with Crippen LogP contribution in [0.15, 0.2) is 18.2 Å². The fraction of sp³-hybridized carbons (Fsp3) is 0.417. The van der Waals surface area contributed by atoms with Crippen LogP contribution in [0.25, 0.3) is 0 Å². The Kier molecular flexibility index (Phi) is 3.10. The van der Waals surface area contributed by atoms with Gasteiger partial charge in [0.1, 0.15) is 0 Å². The van der Waals surface area contributed by atoms with Gasteiger partial charge in [-0.3, -0.25) is 9.69 Å². The van der Waals surface area contributed by atoms with Gasteiger partial charge in [0.25, 0.3) is 0 Å². The minimum Gasteiger partial charge on any atom is -0.399 e. The summed E-state index contributed by atoms with van der Waals surface area (Å²) in [5.74, 6) is 0.104. The van der Waals surface area contributed by atoms with Crippen LogP contribution >= 0.6 is 0 Å². The number of aryl methyl sites for hydroxylation is 1. The van der Waals surface area contributed by atoms with Gasteiger partial charge >= 0.3 is 0 Å². The van der Waals surface area contributed by atoms with Crippen molar-refractivity contribution in [1.29, 1.82) is 0 Å². The highest BCUT2D eigenvalue weighted by atomic mass is 16.2. The Morgan fingerprint density at radius 2 is 2.31 bits per heavy atom. The molecule has 0 unspecified atom stereocenters. The first-order valence-corrected chi connectivity index (χ1v) is 5.49. The number of carbonyl (C=O) groups excluding carboxylic acids is 1. The molecule has 1 aromatic rings. The van der Waals surface area contributed by atoms with Crippen molar-refractivity contribution in [1.82, 2.24) is 10.2 Å². The van der Waals surface area contributed by atoms with Crippen molar-refractivity contribution in [3.8, 4) is 0 Å². The quantitative estimate of drug-likeness (QED) is 0.712. The molecule has 0 aliphatic carbocycles. The monoisotopic (exact) mass is 219 g/mol. The van der Waals surface area contributed by atoms with Gasteiger partial charge < -0.3 is 11.1 Å². The third-order valence-electron chi connectivity index (χ3n) is 2.88. The molecule has 0 spiro atoms. The molecular formula is C12H17N3O. The standard InChI is InChI=1S/C12H17N3O/c1-9-2-3-11(13)6-10(9)7-15-5-4-14-12(16)8-15/h2-3,6H,4-5,7-8,13H2,1H3,(H,14,16). The number of benzene rings is 1. The SMILES string of the molecule is Cc1ccc(N)cc1CN1CCNC(=O)C1. The van der Waals surface area contributed by atoms with Crippen molar-refractivity contribution in [3.05, 3.63) is 29.3 Å². The van der Waals surface area contributed by atoms with Crippen LogP contribution in [-0.2, 0) is 11.3 Å². The van der Waals surface area contributed by atoms with E-state index >= 15 is 0 Å². The van der Waals surface area contributed by atoms with Crippen LogP contribution in [0, 0.1) is 6.92 Å². The van der Waals surface area contributed by atoms with Gasteiger partial charge in [-0.05, 0) is 30.2 Å². The molecule has 1 saturated heterocycles. The van der Waals surface area contributed by atoms with E-state index in [9.17, 15) is 4.79 Å². The zero-order chi connectivity index (χ0) is 11.5. The van der Waals surface area contributed by atoms with Gasteiger partial charge in [-0.2, -0.15) is 0 Å². The van der Waals surface area contributed by atoms with Crippen LogP contribution in [0.5, 0.6) is 0 Å². The maximum absolute atomic E-state index is 11.2. The molecule has 1 heterocycles. The van der Waals surface area contributed by atoms with Crippen LogP contribution in [0.4, 0.5) is 5.69 Å². The molecule has 0 saturated carbocycles. The van der Waals surface area contributed by atoms with Crippen LogP contribution in [0.3, 0.4) is 0 Å². The number of hydrogen-bond donors (Lipinski definition) is 2. The lowest BCUT2D eigenvalue weighted by molar-refractivity contribution is -0.124. The van der Waals surface area contributed by atoms with E-state index in [0.29, 0.717) is 6.54 Å². The minimum atomic E-state index is 0.104. The van der Waals surface area contributed by atoms with E-state index in [4.69, 9.17) is 5.73 Å². The molecule has 0 atom stereocenters. The molecule has 1 aromatic carbocycles. The normalized spacial score (nSPS) is 17.2. The molecular weight excluding hydrogens is 202 g/mol. The lowest BCUT2D eigenvalue weighted by atomic mass is 10.1. The number of nitrogens with one attached hydrogen (secondary N) is 1. The highest BCUT2D eigenvalue weighted by molar-refractivity contribution is 5.78. The second kappa shape index (κ2) is 4.53. The van der Waals surface area contributed by atoms with E-state index in [0.717, 1.165) is 25.3 Å². The van der Waals surface area contributed by atoms with Crippen molar-refractivity contribution < 1.29 is 4.79 Å². The average Bonchev–Trinajstić information content (AvgIpc) is 2.24. The summed E-state index contributed by atoms with van der Waals surface area (Å²) in [6, 6.07) is 5.91. The zero-order valence-electron chi connectivity index (χ0n) is 9.49. The summed E-state index contributed by atoms with van der Waals surface area (Å²) in [5.41, 5.74) is 8.97. The molecule has 1 fully saturated rings. The van der Waals surface area contributed by atoms with Gasteiger partial charge in [-0.15, -0.1) is 0 Å². The number of amides is 1. The Hall–Kier alpha value is -1.55. The van der Waals surface area contributed by atoms with Crippen LogP contribution in [0.1, 0.15) is 11.1 Å². The van der Waals surface area contributed by atoms with Gasteiger partial charge in [0.05, 0.1) is 6.54 Å². The zero-order valence-corrected chi connectivity index (χ0v) is 9.49. The highest BCUT2D eigenvalue weighted by Gasteiger charge is 2.16. The van der Waals surface area contributed by atoms with Crippen LogP contribution < -0.4 is 11.1 Å². The molecule has 0 radical (unpaired) electrons. The fourth-order valence-electron chi connectivity index (χ4n) is 1.93. The molecule has 0 aromatic heterocycles.